The summed E-state index contributed by atoms with van der Waals surface area (Å²) in [5.41, 5.74) is 1.30. The van der Waals surface area contributed by atoms with Crippen LogP contribution in [-0.2, 0) is 16.6 Å². The third-order valence-electron chi connectivity index (χ3n) is 3.03. The zero-order chi connectivity index (χ0) is 16.3. The number of nitrogens with zero attached hydrogens (tertiary/aromatic N) is 2. The number of hydrogen-bond donors (Lipinski definition) is 0. The lowest BCUT2D eigenvalue weighted by molar-refractivity contribution is 0.467. The van der Waals surface area contributed by atoms with Crippen molar-refractivity contribution in [1.29, 1.82) is 5.26 Å². The molecule has 0 fully saturated rings. The van der Waals surface area contributed by atoms with Crippen LogP contribution >= 0.6 is 23.2 Å². The number of sulfonamides is 1. The summed E-state index contributed by atoms with van der Waals surface area (Å²) in [6, 6.07) is 12.9. The van der Waals surface area contributed by atoms with Crippen LogP contribution in [0.4, 0.5) is 0 Å². The Morgan fingerprint density at radius 1 is 1.09 bits per heavy atom. The van der Waals surface area contributed by atoms with Crippen LogP contribution < -0.4 is 0 Å². The van der Waals surface area contributed by atoms with Crippen LogP contribution in [-0.4, -0.2) is 19.8 Å². The van der Waals surface area contributed by atoms with E-state index in [1.54, 1.807) is 24.3 Å². The van der Waals surface area contributed by atoms with Crippen molar-refractivity contribution in [3.63, 3.8) is 0 Å². The standard InChI is InChI=1S/C15H12Cl2N2O2S/c1-19(10-12-4-2-11(9-18)3-5-12)22(20,21)15-7-13(16)6-14(17)8-15/h2-8H,10H2,1H3. The zero-order valence-corrected chi connectivity index (χ0v) is 14.0. The lowest BCUT2D eigenvalue weighted by atomic mass is 10.1. The molecule has 0 radical (unpaired) electrons. The first-order valence-electron chi connectivity index (χ1n) is 6.24. The smallest absolute Gasteiger partial charge is 0.207 e. The summed E-state index contributed by atoms with van der Waals surface area (Å²) >= 11 is 11.7. The van der Waals surface area contributed by atoms with Gasteiger partial charge in [0.15, 0.2) is 0 Å². The maximum Gasteiger partial charge on any atom is 0.243 e. The highest BCUT2D eigenvalue weighted by molar-refractivity contribution is 7.89. The van der Waals surface area contributed by atoms with E-state index in [0.717, 1.165) is 5.56 Å². The minimum absolute atomic E-state index is 0.0427. The first kappa shape index (κ1) is 16.8. The molecule has 0 aliphatic carbocycles. The van der Waals surface area contributed by atoms with Crippen molar-refractivity contribution in [2.45, 2.75) is 11.4 Å². The normalized spacial score (nSPS) is 11.4. The predicted octanol–water partition coefficient (Wildman–Crippen LogP) is 3.69. The highest BCUT2D eigenvalue weighted by Gasteiger charge is 2.21. The maximum absolute atomic E-state index is 12.5. The van der Waals surface area contributed by atoms with E-state index in [1.807, 2.05) is 6.07 Å². The van der Waals surface area contributed by atoms with E-state index in [0.29, 0.717) is 5.56 Å². The van der Waals surface area contributed by atoms with E-state index in [-0.39, 0.29) is 21.5 Å². The third kappa shape index (κ3) is 3.79. The van der Waals surface area contributed by atoms with Gasteiger partial charge in [0.25, 0.3) is 0 Å². The fourth-order valence-corrected chi connectivity index (χ4v) is 3.77. The van der Waals surface area contributed by atoms with E-state index in [4.69, 9.17) is 28.5 Å². The van der Waals surface area contributed by atoms with Crippen molar-refractivity contribution < 1.29 is 8.42 Å². The Morgan fingerprint density at radius 2 is 1.64 bits per heavy atom. The van der Waals surface area contributed by atoms with Gasteiger partial charge in [-0.3, -0.25) is 0 Å². The van der Waals surface area contributed by atoms with Gasteiger partial charge in [-0.25, -0.2) is 8.42 Å². The molecule has 0 N–H and O–H groups in total. The molecule has 0 spiro atoms. The molecule has 7 heteroatoms. The van der Waals surface area contributed by atoms with Crippen LogP contribution in [0.3, 0.4) is 0 Å². The lowest BCUT2D eigenvalue weighted by Gasteiger charge is -2.17. The average Bonchev–Trinajstić information content (AvgIpc) is 2.47. The SMILES string of the molecule is CN(Cc1ccc(C#N)cc1)S(=O)(=O)c1cc(Cl)cc(Cl)c1. The molecule has 0 aliphatic rings. The van der Waals surface area contributed by atoms with Gasteiger partial charge in [0.2, 0.25) is 10.0 Å². The number of rotatable bonds is 4. The molecular weight excluding hydrogens is 343 g/mol. The summed E-state index contributed by atoms with van der Waals surface area (Å²) < 4.78 is 26.2. The molecule has 4 nitrogen and oxygen atoms in total. The quantitative estimate of drug-likeness (QED) is 0.840. The van der Waals surface area contributed by atoms with Gasteiger partial charge in [0, 0.05) is 23.6 Å². The molecular formula is C15H12Cl2N2O2S. The van der Waals surface area contributed by atoms with Gasteiger partial charge in [-0.1, -0.05) is 35.3 Å². The van der Waals surface area contributed by atoms with Gasteiger partial charge < -0.3 is 0 Å². The molecule has 0 aromatic heterocycles. The van der Waals surface area contributed by atoms with E-state index in [1.165, 1.54) is 29.6 Å². The molecule has 0 saturated carbocycles. The summed E-state index contributed by atoms with van der Waals surface area (Å²) in [6.45, 7) is 0.179. The maximum atomic E-state index is 12.5. The lowest BCUT2D eigenvalue weighted by Crippen LogP contribution is -2.26. The molecule has 2 aromatic carbocycles. The summed E-state index contributed by atoms with van der Waals surface area (Å²) in [5, 5.41) is 9.28. The molecule has 0 unspecified atom stereocenters. The van der Waals surface area contributed by atoms with Crippen molar-refractivity contribution in [3.8, 4) is 6.07 Å². The van der Waals surface area contributed by atoms with Crippen molar-refractivity contribution >= 4 is 33.2 Å². The minimum Gasteiger partial charge on any atom is -0.207 e. The summed E-state index contributed by atoms with van der Waals surface area (Å²) in [6.07, 6.45) is 0. The highest BCUT2D eigenvalue weighted by atomic mass is 35.5. The van der Waals surface area contributed by atoms with Crippen molar-refractivity contribution in [2.24, 2.45) is 0 Å². The monoisotopic (exact) mass is 354 g/mol. The number of benzene rings is 2. The Balaban J connectivity index is 2.26. The predicted molar refractivity (Wildman–Crippen MR) is 86.3 cm³/mol. The van der Waals surface area contributed by atoms with Crippen LogP contribution in [0.1, 0.15) is 11.1 Å². The Labute approximate surface area is 139 Å². The fraction of sp³-hybridized carbons (Fsp3) is 0.133. The van der Waals surface area contributed by atoms with Crippen LogP contribution in [0.5, 0.6) is 0 Å². The van der Waals surface area contributed by atoms with Gasteiger partial charge >= 0.3 is 0 Å². The van der Waals surface area contributed by atoms with Gasteiger partial charge in [0.05, 0.1) is 16.5 Å². The van der Waals surface area contributed by atoms with Crippen LogP contribution in [0.2, 0.25) is 10.0 Å². The topological polar surface area (TPSA) is 61.2 Å². The Morgan fingerprint density at radius 3 is 2.14 bits per heavy atom. The molecule has 2 rings (SSSR count). The molecule has 22 heavy (non-hydrogen) atoms. The fourth-order valence-electron chi connectivity index (χ4n) is 1.88. The second-order valence-corrected chi connectivity index (χ2v) is 7.59. The molecule has 114 valence electrons. The summed E-state index contributed by atoms with van der Waals surface area (Å²) in [4.78, 5) is 0.0427. The molecule has 0 heterocycles. The Hall–Kier alpha value is -1.58. The van der Waals surface area contributed by atoms with E-state index >= 15 is 0 Å². The summed E-state index contributed by atoms with van der Waals surface area (Å²) in [7, 11) is -2.22. The van der Waals surface area contributed by atoms with Crippen molar-refractivity contribution in [3.05, 3.63) is 63.6 Å². The summed E-state index contributed by atoms with van der Waals surface area (Å²) in [5.74, 6) is 0. The van der Waals surface area contributed by atoms with Gasteiger partial charge in [-0.2, -0.15) is 9.57 Å². The van der Waals surface area contributed by atoms with Crippen LogP contribution in [0.15, 0.2) is 47.4 Å². The second kappa shape index (κ2) is 6.67. The first-order valence-corrected chi connectivity index (χ1v) is 8.44. The van der Waals surface area contributed by atoms with Crippen molar-refractivity contribution in [1.82, 2.24) is 4.31 Å². The number of hydrogen-bond acceptors (Lipinski definition) is 3. The van der Waals surface area contributed by atoms with E-state index < -0.39 is 10.0 Å². The molecule has 0 aliphatic heterocycles. The van der Waals surface area contributed by atoms with E-state index in [9.17, 15) is 8.42 Å². The molecule has 2 aromatic rings. The molecule has 0 atom stereocenters. The van der Waals surface area contributed by atoms with Crippen LogP contribution in [0, 0.1) is 11.3 Å². The van der Waals surface area contributed by atoms with Gasteiger partial charge in [-0.05, 0) is 35.9 Å². The Kier molecular flexibility index (Phi) is 5.09. The molecule has 0 amide bonds. The largest absolute Gasteiger partial charge is 0.243 e. The van der Waals surface area contributed by atoms with Crippen molar-refractivity contribution in [2.75, 3.05) is 7.05 Å². The van der Waals surface area contributed by atoms with Crippen LogP contribution in [0.25, 0.3) is 0 Å². The van der Waals surface area contributed by atoms with Gasteiger partial charge in [0.1, 0.15) is 0 Å². The zero-order valence-electron chi connectivity index (χ0n) is 11.6. The molecule has 0 bridgehead atoms. The number of halogens is 2. The Bertz CT molecular complexity index is 807. The minimum atomic E-state index is -3.70. The highest BCUT2D eigenvalue weighted by Crippen LogP contribution is 2.25. The third-order valence-corrected chi connectivity index (χ3v) is 5.25. The second-order valence-electron chi connectivity index (χ2n) is 4.67. The van der Waals surface area contributed by atoms with Gasteiger partial charge in [-0.15, -0.1) is 0 Å². The average molecular weight is 355 g/mol. The van der Waals surface area contributed by atoms with E-state index in [2.05, 4.69) is 0 Å². The molecule has 0 saturated heterocycles. The first-order chi connectivity index (χ1) is 10.3. The number of nitriles is 1.